The number of halogens is 2. The molecule has 0 aromatic heterocycles. The first-order valence-corrected chi connectivity index (χ1v) is 6.30. The fourth-order valence-corrected chi connectivity index (χ4v) is 2.36. The summed E-state index contributed by atoms with van der Waals surface area (Å²) in [6.07, 6.45) is 0. The van der Waals surface area contributed by atoms with Gasteiger partial charge in [0.05, 0.1) is 13.0 Å². The molecule has 0 heterocycles. The monoisotopic (exact) mass is 260 g/mol. The number of carbonyl (C=O) groups excluding carboxylic acids is 1. The number of rotatable bonds is 5. The lowest BCUT2D eigenvalue weighted by molar-refractivity contribution is -0.143. The van der Waals surface area contributed by atoms with Gasteiger partial charge in [-0.15, -0.1) is 0 Å². The van der Waals surface area contributed by atoms with Crippen LogP contribution >= 0.6 is 11.8 Å². The summed E-state index contributed by atoms with van der Waals surface area (Å²) < 4.78 is 31.1. The minimum Gasteiger partial charge on any atom is -0.469 e. The zero-order chi connectivity index (χ0) is 12.8. The number of thioether (sulfide) groups is 1. The smallest absolute Gasteiger partial charge is 0.309 e. The Balaban J connectivity index is 2.49. The van der Waals surface area contributed by atoms with Crippen molar-refractivity contribution in [2.45, 2.75) is 12.7 Å². The van der Waals surface area contributed by atoms with Gasteiger partial charge in [-0.2, -0.15) is 11.8 Å². The lowest BCUT2D eigenvalue weighted by Crippen LogP contribution is -2.15. The summed E-state index contributed by atoms with van der Waals surface area (Å²) in [5.41, 5.74) is 0.0505. The third-order valence-corrected chi connectivity index (χ3v) is 3.51. The van der Waals surface area contributed by atoms with Crippen molar-refractivity contribution in [2.75, 3.05) is 12.9 Å². The molecule has 1 unspecified atom stereocenters. The van der Waals surface area contributed by atoms with Crippen LogP contribution in [-0.4, -0.2) is 18.8 Å². The van der Waals surface area contributed by atoms with E-state index in [9.17, 15) is 13.6 Å². The van der Waals surface area contributed by atoms with E-state index in [1.807, 2.05) is 0 Å². The maximum atomic E-state index is 13.3. The van der Waals surface area contributed by atoms with E-state index in [1.54, 1.807) is 6.92 Å². The zero-order valence-corrected chi connectivity index (χ0v) is 10.5. The molecule has 5 heteroatoms. The van der Waals surface area contributed by atoms with Crippen LogP contribution in [0.1, 0.15) is 12.5 Å². The van der Waals surface area contributed by atoms with Crippen molar-refractivity contribution >= 4 is 17.7 Å². The van der Waals surface area contributed by atoms with Crippen LogP contribution in [0.4, 0.5) is 8.78 Å². The Morgan fingerprint density at radius 3 is 2.53 bits per heavy atom. The SMILES string of the molecule is COC(=O)C(C)CSCc1c(F)cccc1F. The number of esters is 1. The van der Waals surface area contributed by atoms with Gasteiger partial charge in [0, 0.05) is 17.1 Å². The van der Waals surface area contributed by atoms with Gasteiger partial charge < -0.3 is 4.74 Å². The van der Waals surface area contributed by atoms with Crippen molar-refractivity contribution in [2.24, 2.45) is 5.92 Å². The molecule has 0 bridgehead atoms. The molecule has 0 aliphatic rings. The van der Waals surface area contributed by atoms with Crippen molar-refractivity contribution in [1.82, 2.24) is 0 Å². The molecular formula is C12H14F2O2S. The van der Waals surface area contributed by atoms with E-state index >= 15 is 0 Å². The van der Waals surface area contributed by atoms with Crippen LogP contribution in [0.15, 0.2) is 18.2 Å². The summed E-state index contributed by atoms with van der Waals surface area (Å²) in [4.78, 5) is 11.1. The molecule has 1 rings (SSSR count). The van der Waals surface area contributed by atoms with Gasteiger partial charge in [0.25, 0.3) is 0 Å². The number of benzene rings is 1. The molecule has 0 spiro atoms. The molecule has 17 heavy (non-hydrogen) atoms. The fourth-order valence-electron chi connectivity index (χ4n) is 1.28. The predicted molar refractivity (Wildman–Crippen MR) is 63.7 cm³/mol. The van der Waals surface area contributed by atoms with Gasteiger partial charge in [0.1, 0.15) is 11.6 Å². The first-order valence-electron chi connectivity index (χ1n) is 5.14. The van der Waals surface area contributed by atoms with Crippen LogP contribution in [0.3, 0.4) is 0 Å². The fraction of sp³-hybridized carbons (Fsp3) is 0.417. The topological polar surface area (TPSA) is 26.3 Å². The molecule has 0 N–H and O–H groups in total. The van der Waals surface area contributed by atoms with Gasteiger partial charge in [-0.1, -0.05) is 13.0 Å². The number of methoxy groups -OCH3 is 1. The molecule has 0 saturated heterocycles. The normalized spacial score (nSPS) is 12.2. The van der Waals surface area contributed by atoms with Crippen LogP contribution in [0, 0.1) is 17.6 Å². The van der Waals surface area contributed by atoms with Gasteiger partial charge in [-0.05, 0) is 12.1 Å². The molecule has 0 saturated carbocycles. The highest BCUT2D eigenvalue weighted by Gasteiger charge is 2.14. The van der Waals surface area contributed by atoms with E-state index in [0.29, 0.717) is 5.75 Å². The Morgan fingerprint density at radius 2 is 2.00 bits per heavy atom. The molecule has 0 amide bonds. The van der Waals surface area contributed by atoms with Crippen LogP contribution in [-0.2, 0) is 15.3 Å². The second-order valence-corrected chi connectivity index (χ2v) is 4.67. The Bertz CT molecular complexity index is 376. The minimum absolute atomic E-state index is 0.0505. The summed E-state index contributed by atoms with van der Waals surface area (Å²) >= 11 is 1.31. The number of hydrogen-bond donors (Lipinski definition) is 0. The standard InChI is InChI=1S/C12H14F2O2S/c1-8(12(15)16-2)6-17-7-9-10(13)4-3-5-11(9)14/h3-5,8H,6-7H2,1-2H3. The zero-order valence-electron chi connectivity index (χ0n) is 9.70. The summed E-state index contributed by atoms with van der Waals surface area (Å²) in [5.74, 6) is -1.02. The predicted octanol–water partition coefficient (Wildman–Crippen LogP) is 3.01. The third kappa shape index (κ3) is 4.00. The molecule has 0 aliphatic heterocycles. The lowest BCUT2D eigenvalue weighted by Gasteiger charge is -2.09. The van der Waals surface area contributed by atoms with Crippen molar-refractivity contribution in [1.29, 1.82) is 0 Å². The molecule has 0 radical (unpaired) electrons. The second kappa shape index (κ2) is 6.59. The molecule has 1 aromatic carbocycles. The van der Waals surface area contributed by atoms with E-state index < -0.39 is 11.6 Å². The molecule has 2 nitrogen and oxygen atoms in total. The van der Waals surface area contributed by atoms with E-state index in [-0.39, 0.29) is 23.2 Å². The Morgan fingerprint density at radius 1 is 1.41 bits per heavy atom. The maximum absolute atomic E-state index is 13.3. The molecular weight excluding hydrogens is 246 g/mol. The van der Waals surface area contributed by atoms with Crippen molar-refractivity contribution in [3.05, 3.63) is 35.4 Å². The summed E-state index contributed by atoms with van der Waals surface area (Å²) in [6, 6.07) is 3.78. The largest absolute Gasteiger partial charge is 0.469 e. The molecule has 94 valence electrons. The van der Waals surface area contributed by atoms with Gasteiger partial charge in [-0.25, -0.2) is 8.78 Å². The summed E-state index contributed by atoms with van der Waals surface area (Å²) in [6.45, 7) is 1.72. The first kappa shape index (κ1) is 14.0. The highest BCUT2D eigenvalue weighted by molar-refractivity contribution is 7.98. The number of carbonyl (C=O) groups is 1. The van der Waals surface area contributed by atoms with Crippen molar-refractivity contribution in [3.63, 3.8) is 0 Å². The van der Waals surface area contributed by atoms with E-state index in [2.05, 4.69) is 4.74 Å². The average molecular weight is 260 g/mol. The van der Waals surface area contributed by atoms with Gasteiger partial charge >= 0.3 is 5.97 Å². The molecule has 0 fully saturated rings. The highest BCUT2D eigenvalue weighted by Crippen LogP contribution is 2.20. The second-order valence-electron chi connectivity index (χ2n) is 3.64. The Labute approximate surface area is 103 Å². The van der Waals surface area contributed by atoms with Gasteiger partial charge in [-0.3, -0.25) is 4.79 Å². The Kier molecular flexibility index (Phi) is 5.41. The van der Waals surface area contributed by atoms with Crippen LogP contribution in [0.5, 0.6) is 0 Å². The van der Waals surface area contributed by atoms with Crippen molar-refractivity contribution < 1.29 is 18.3 Å². The minimum atomic E-state index is -0.553. The highest BCUT2D eigenvalue weighted by atomic mass is 32.2. The van der Waals surface area contributed by atoms with E-state index in [1.165, 1.54) is 37.1 Å². The first-order chi connectivity index (χ1) is 8.06. The van der Waals surface area contributed by atoms with Gasteiger partial charge in [0.2, 0.25) is 0 Å². The van der Waals surface area contributed by atoms with Crippen LogP contribution in [0.2, 0.25) is 0 Å². The van der Waals surface area contributed by atoms with Crippen molar-refractivity contribution in [3.8, 4) is 0 Å². The average Bonchev–Trinajstić information content (AvgIpc) is 2.31. The quantitative estimate of drug-likeness (QED) is 0.761. The molecule has 1 atom stereocenters. The number of hydrogen-bond acceptors (Lipinski definition) is 3. The summed E-state index contributed by atoms with van der Waals surface area (Å²) in [5, 5.41) is 0. The molecule has 0 aliphatic carbocycles. The maximum Gasteiger partial charge on any atom is 0.309 e. The van der Waals surface area contributed by atoms with Gasteiger partial charge in [0.15, 0.2) is 0 Å². The lowest BCUT2D eigenvalue weighted by atomic mass is 10.2. The van der Waals surface area contributed by atoms with Crippen LogP contribution < -0.4 is 0 Å². The van der Waals surface area contributed by atoms with E-state index in [0.717, 1.165) is 0 Å². The summed E-state index contributed by atoms with van der Waals surface area (Å²) in [7, 11) is 1.32. The third-order valence-electron chi connectivity index (χ3n) is 2.28. The Hall–Kier alpha value is -1.10. The number of ether oxygens (including phenoxy) is 1. The van der Waals surface area contributed by atoms with E-state index in [4.69, 9.17) is 0 Å². The molecule has 1 aromatic rings. The van der Waals surface area contributed by atoms with Crippen LogP contribution in [0.25, 0.3) is 0 Å².